The second kappa shape index (κ2) is 8.42. The number of amides is 1. The molecule has 0 fully saturated rings. The summed E-state index contributed by atoms with van der Waals surface area (Å²) >= 11 is 1.57. The van der Waals surface area contributed by atoms with Crippen molar-refractivity contribution in [2.75, 3.05) is 26.2 Å². The SMILES string of the molecule is CCN(CC)CCCNC(=O)c1ccc2onc(-c3csc(C)n3)c2c1. The zero-order valence-electron chi connectivity index (χ0n) is 15.4. The van der Waals surface area contributed by atoms with Crippen molar-refractivity contribution in [3.05, 3.63) is 34.2 Å². The van der Waals surface area contributed by atoms with E-state index in [1.54, 1.807) is 23.5 Å². The van der Waals surface area contributed by atoms with Crippen LogP contribution in [0.1, 0.15) is 35.6 Å². The van der Waals surface area contributed by atoms with Gasteiger partial charge in [0.25, 0.3) is 5.91 Å². The first-order valence-electron chi connectivity index (χ1n) is 8.94. The Kier molecular flexibility index (Phi) is 6.00. The lowest BCUT2D eigenvalue weighted by Crippen LogP contribution is -2.29. The lowest BCUT2D eigenvalue weighted by molar-refractivity contribution is 0.0952. The van der Waals surface area contributed by atoms with Crippen molar-refractivity contribution in [3.8, 4) is 11.4 Å². The molecule has 1 amide bonds. The standard InChI is InChI=1S/C19H24N4O2S/c1-4-23(5-2)10-6-9-20-19(24)14-7-8-17-15(11-14)18(22-25-17)16-12-26-13(3)21-16/h7-8,11-12H,4-6,9-10H2,1-3H3,(H,20,24). The van der Waals surface area contributed by atoms with Crippen LogP contribution < -0.4 is 5.32 Å². The van der Waals surface area contributed by atoms with Crippen LogP contribution in [0.15, 0.2) is 28.1 Å². The van der Waals surface area contributed by atoms with Crippen LogP contribution >= 0.6 is 11.3 Å². The molecule has 0 aliphatic rings. The number of aromatic nitrogens is 2. The molecule has 7 heteroatoms. The summed E-state index contributed by atoms with van der Waals surface area (Å²) in [5.41, 5.74) is 2.73. The molecular weight excluding hydrogens is 348 g/mol. The van der Waals surface area contributed by atoms with Crippen LogP contribution in [0.5, 0.6) is 0 Å². The number of carbonyl (C=O) groups is 1. The van der Waals surface area contributed by atoms with Crippen molar-refractivity contribution in [2.24, 2.45) is 0 Å². The van der Waals surface area contributed by atoms with E-state index in [0.29, 0.717) is 23.4 Å². The van der Waals surface area contributed by atoms with Gasteiger partial charge >= 0.3 is 0 Å². The number of thiazole rings is 1. The van der Waals surface area contributed by atoms with E-state index in [1.165, 1.54) is 0 Å². The van der Waals surface area contributed by atoms with Gasteiger partial charge in [-0.05, 0) is 51.2 Å². The van der Waals surface area contributed by atoms with Crippen LogP contribution in [0.4, 0.5) is 0 Å². The van der Waals surface area contributed by atoms with Gasteiger partial charge in [-0.2, -0.15) is 0 Å². The molecule has 1 aromatic carbocycles. The van der Waals surface area contributed by atoms with E-state index in [-0.39, 0.29) is 5.91 Å². The lowest BCUT2D eigenvalue weighted by atomic mass is 10.1. The first-order valence-corrected chi connectivity index (χ1v) is 9.82. The highest BCUT2D eigenvalue weighted by molar-refractivity contribution is 7.09. The van der Waals surface area contributed by atoms with Gasteiger partial charge in [-0.25, -0.2) is 4.98 Å². The van der Waals surface area contributed by atoms with Crippen molar-refractivity contribution >= 4 is 28.2 Å². The predicted octanol–water partition coefficient (Wildman–Crippen LogP) is 3.72. The van der Waals surface area contributed by atoms with E-state index >= 15 is 0 Å². The van der Waals surface area contributed by atoms with Crippen LogP contribution in [0.3, 0.4) is 0 Å². The minimum absolute atomic E-state index is 0.0759. The van der Waals surface area contributed by atoms with Gasteiger partial charge in [-0.15, -0.1) is 11.3 Å². The van der Waals surface area contributed by atoms with Crippen molar-refractivity contribution in [2.45, 2.75) is 27.2 Å². The van der Waals surface area contributed by atoms with Gasteiger partial charge in [0.2, 0.25) is 0 Å². The Morgan fingerprint density at radius 2 is 2.12 bits per heavy atom. The zero-order chi connectivity index (χ0) is 18.5. The molecular formula is C19H24N4O2S. The average molecular weight is 372 g/mol. The second-order valence-electron chi connectivity index (χ2n) is 6.13. The highest BCUT2D eigenvalue weighted by atomic mass is 32.1. The monoisotopic (exact) mass is 372 g/mol. The normalized spacial score (nSPS) is 11.4. The van der Waals surface area contributed by atoms with Crippen molar-refractivity contribution in [1.29, 1.82) is 0 Å². The van der Waals surface area contributed by atoms with Gasteiger partial charge in [-0.3, -0.25) is 4.79 Å². The Morgan fingerprint density at radius 3 is 2.81 bits per heavy atom. The van der Waals surface area contributed by atoms with Crippen molar-refractivity contribution in [3.63, 3.8) is 0 Å². The predicted molar refractivity (Wildman–Crippen MR) is 105 cm³/mol. The number of aryl methyl sites for hydroxylation is 1. The maximum absolute atomic E-state index is 12.5. The second-order valence-corrected chi connectivity index (χ2v) is 7.19. The Morgan fingerprint density at radius 1 is 1.31 bits per heavy atom. The molecule has 26 heavy (non-hydrogen) atoms. The van der Waals surface area contributed by atoms with Gasteiger partial charge in [0.1, 0.15) is 11.4 Å². The molecule has 6 nitrogen and oxygen atoms in total. The molecule has 0 saturated carbocycles. The van der Waals surface area contributed by atoms with Crippen molar-refractivity contribution < 1.29 is 9.32 Å². The molecule has 0 unspecified atom stereocenters. The molecule has 0 bridgehead atoms. The summed E-state index contributed by atoms with van der Waals surface area (Å²) < 4.78 is 5.37. The summed E-state index contributed by atoms with van der Waals surface area (Å²) in [6.07, 6.45) is 0.937. The number of hydrogen-bond acceptors (Lipinski definition) is 6. The van der Waals surface area contributed by atoms with Crippen LogP contribution in [0.2, 0.25) is 0 Å². The number of nitrogens with zero attached hydrogens (tertiary/aromatic N) is 3. The van der Waals surface area contributed by atoms with Gasteiger partial charge < -0.3 is 14.7 Å². The molecule has 1 N–H and O–H groups in total. The van der Waals surface area contributed by atoms with Crippen molar-refractivity contribution in [1.82, 2.24) is 20.4 Å². The van der Waals surface area contributed by atoms with E-state index in [2.05, 4.69) is 34.2 Å². The number of fused-ring (bicyclic) bond motifs is 1. The quantitative estimate of drug-likeness (QED) is 0.610. The third-order valence-electron chi connectivity index (χ3n) is 4.42. The van der Waals surface area contributed by atoms with E-state index in [1.807, 2.05) is 18.4 Å². The van der Waals surface area contributed by atoms with Crippen LogP contribution in [0.25, 0.3) is 22.4 Å². The molecule has 0 saturated heterocycles. The van der Waals surface area contributed by atoms with E-state index in [9.17, 15) is 4.79 Å². The smallest absolute Gasteiger partial charge is 0.251 e. The molecule has 0 spiro atoms. The van der Waals surface area contributed by atoms with E-state index in [4.69, 9.17) is 4.52 Å². The molecule has 2 aromatic heterocycles. The highest BCUT2D eigenvalue weighted by Gasteiger charge is 2.15. The number of carbonyl (C=O) groups excluding carboxylic acids is 1. The Labute approximate surface area is 157 Å². The Hall–Kier alpha value is -2.25. The third kappa shape index (κ3) is 4.11. The number of nitrogens with one attached hydrogen (secondary N) is 1. The first kappa shape index (κ1) is 18.5. The van der Waals surface area contributed by atoms with Crippen LogP contribution in [0, 0.1) is 6.92 Å². The average Bonchev–Trinajstić information content (AvgIpc) is 3.26. The summed E-state index contributed by atoms with van der Waals surface area (Å²) in [7, 11) is 0. The third-order valence-corrected chi connectivity index (χ3v) is 5.20. The number of rotatable bonds is 8. The van der Waals surface area contributed by atoms with Gasteiger partial charge in [0.15, 0.2) is 5.58 Å². The fraction of sp³-hybridized carbons (Fsp3) is 0.421. The Balaban J connectivity index is 1.69. The fourth-order valence-corrected chi connectivity index (χ4v) is 3.48. The maximum atomic E-state index is 12.5. The largest absolute Gasteiger partial charge is 0.356 e. The minimum Gasteiger partial charge on any atom is -0.356 e. The van der Waals surface area contributed by atoms with Crippen LogP contribution in [-0.4, -0.2) is 47.1 Å². The summed E-state index contributed by atoms with van der Waals surface area (Å²) in [5.74, 6) is -0.0759. The number of hydrogen-bond donors (Lipinski definition) is 1. The molecule has 0 aliphatic heterocycles. The number of benzene rings is 1. The summed E-state index contributed by atoms with van der Waals surface area (Å²) in [4.78, 5) is 19.3. The van der Waals surface area contributed by atoms with E-state index < -0.39 is 0 Å². The maximum Gasteiger partial charge on any atom is 0.251 e. The Bertz CT molecular complexity index is 883. The van der Waals surface area contributed by atoms with Gasteiger partial charge in [-0.1, -0.05) is 19.0 Å². The highest BCUT2D eigenvalue weighted by Crippen LogP contribution is 2.29. The fourth-order valence-electron chi connectivity index (χ4n) is 2.88. The molecule has 2 heterocycles. The minimum atomic E-state index is -0.0759. The molecule has 3 rings (SSSR count). The molecule has 138 valence electrons. The summed E-state index contributed by atoms with van der Waals surface area (Å²) in [6, 6.07) is 5.38. The molecule has 0 atom stereocenters. The zero-order valence-corrected chi connectivity index (χ0v) is 16.2. The van der Waals surface area contributed by atoms with Crippen LogP contribution in [-0.2, 0) is 0 Å². The molecule has 0 radical (unpaired) electrons. The van der Waals surface area contributed by atoms with E-state index in [0.717, 1.165) is 42.1 Å². The van der Waals surface area contributed by atoms with Gasteiger partial charge in [0.05, 0.1) is 10.4 Å². The topological polar surface area (TPSA) is 71.3 Å². The van der Waals surface area contributed by atoms with Gasteiger partial charge in [0, 0.05) is 17.5 Å². The summed E-state index contributed by atoms with van der Waals surface area (Å²) in [5, 5.41) is 10.9. The summed E-state index contributed by atoms with van der Waals surface area (Å²) in [6.45, 7) is 9.98. The molecule has 3 aromatic rings. The first-order chi connectivity index (χ1) is 12.6. The molecule has 0 aliphatic carbocycles. The lowest BCUT2D eigenvalue weighted by Gasteiger charge is -2.17.